The first-order valence-electron chi connectivity index (χ1n) is 15.0. The number of aromatic nitrogens is 1. The number of hydrazine groups is 1. The second kappa shape index (κ2) is 11.6. The van der Waals surface area contributed by atoms with Crippen molar-refractivity contribution in [2.24, 2.45) is 17.8 Å². The van der Waals surface area contributed by atoms with Crippen LogP contribution in [0.25, 0.3) is 0 Å². The van der Waals surface area contributed by atoms with Gasteiger partial charge in [0.15, 0.2) is 15.6 Å². The lowest BCUT2D eigenvalue weighted by molar-refractivity contribution is -0.141. The molecule has 2 aliphatic heterocycles. The van der Waals surface area contributed by atoms with Gasteiger partial charge in [-0.15, -0.1) is 23.2 Å². The van der Waals surface area contributed by atoms with E-state index in [2.05, 4.69) is 4.98 Å². The molecule has 1 saturated carbocycles. The number of imide groups is 2. The minimum Gasteiger partial charge on any atom is -0.508 e. The van der Waals surface area contributed by atoms with Gasteiger partial charge in [-0.05, 0) is 73.4 Å². The summed E-state index contributed by atoms with van der Waals surface area (Å²) in [5.74, 6) is -9.83. The highest BCUT2D eigenvalue weighted by molar-refractivity contribution is 6.58. The lowest BCUT2D eigenvalue weighted by Crippen LogP contribution is -2.60. The van der Waals surface area contributed by atoms with E-state index >= 15 is 0 Å². The van der Waals surface area contributed by atoms with Crippen molar-refractivity contribution in [1.82, 2.24) is 9.99 Å². The van der Waals surface area contributed by atoms with Gasteiger partial charge in [0.1, 0.15) is 17.3 Å². The second-order valence-electron chi connectivity index (χ2n) is 12.5. The van der Waals surface area contributed by atoms with Crippen LogP contribution in [-0.4, -0.2) is 55.5 Å². The smallest absolute Gasteiger partial charge is 0.433 e. The standard InChI is InChI=1S/C33H22Cl4F4N4O5/c1-43(26-21(35)9-11-23(42-26)33(39,40)41)45-27(47)18-8-7-17-20(24(18)28(45)48)13-31(36)29(49)44(16-5-3-15(38)4-6-16)30(50)32(31,37)25(17)19-12-14(34)2-10-22(19)46/h2-7,9-12,18,20,24-25,46H,8,13H2,1H3/t18-,20+,24-,25+,31+,32-/m0/s1. The maximum absolute atomic E-state index is 14.4. The number of nitrogens with zero attached hydrogens (tertiary/aromatic N) is 4. The number of hydrogen-bond acceptors (Lipinski definition) is 7. The lowest BCUT2D eigenvalue weighted by atomic mass is 9.56. The van der Waals surface area contributed by atoms with Crippen molar-refractivity contribution in [2.75, 3.05) is 17.0 Å². The van der Waals surface area contributed by atoms with Crippen LogP contribution in [0.4, 0.5) is 29.1 Å². The van der Waals surface area contributed by atoms with Gasteiger partial charge in [-0.25, -0.2) is 14.3 Å². The molecule has 3 heterocycles. The minimum absolute atomic E-state index is 0.0136. The Kier molecular flexibility index (Phi) is 7.98. The summed E-state index contributed by atoms with van der Waals surface area (Å²) in [6, 6.07) is 10.0. The topological polar surface area (TPSA) is 111 Å². The predicted molar refractivity (Wildman–Crippen MR) is 174 cm³/mol. The number of aromatic hydroxyl groups is 1. The average Bonchev–Trinajstić information content (AvgIpc) is 3.40. The first-order valence-corrected chi connectivity index (χ1v) is 16.5. The van der Waals surface area contributed by atoms with Crippen LogP contribution in [0.5, 0.6) is 5.75 Å². The van der Waals surface area contributed by atoms with E-state index in [9.17, 15) is 41.8 Å². The Morgan fingerprint density at radius 3 is 2.28 bits per heavy atom. The minimum atomic E-state index is -4.86. The van der Waals surface area contributed by atoms with Crippen LogP contribution in [0, 0.1) is 23.6 Å². The lowest BCUT2D eigenvalue weighted by Gasteiger charge is -2.50. The van der Waals surface area contributed by atoms with Crippen molar-refractivity contribution in [1.29, 1.82) is 0 Å². The predicted octanol–water partition coefficient (Wildman–Crippen LogP) is 6.87. The fourth-order valence-electron chi connectivity index (χ4n) is 7.69. The zero-order valence-corrected chi connectivity index (χ0v) is 28.4. The van der Waals surface area contributed by atoms with Crippen LogP contribution in [0.15, 0.2) is 66.2 Å². The molecule has 0 radical (unpaired) electrons. The molecule has 0 spiro atoms. The molecule has 0 bridgehead atoms. The molecule has 260 valence electrons. The van der Waals surface area contributed by atoms with Crippen LogP contribution in [0.1, 0.15) is 30.0 Å². The normalized spacial score (nSPS) is 29.2. The largest absolute Gasteiger partial charge is 0.508 e. The van der Waals surface area contributed by atoms with E-state index in [1.807, 2.05) is 0 Å². The van der Waals surface area contributed by atoms with Gasteiger partial charge in [0.25, 0.3) is 23.6 Å². The Morgan fingerprint density at radius 1 is 0.940 bits per heavy atom. The molecule has 4 amide bonds. The number of pyridine rings is 1. The zero-order valence-electron chi connectivity index (χ0n) is 25.4. The monoisotopic (exact) mass is 770 g/mol. The molecule has 1 aromatic heterocycles. The van der Waals surface area contributed by atoms with Gasteiger partial charge in [0.2, 0.25) is 0 Å². The number of alkyl halides is 5. The molecule has 17 heteroatoms. The Morgan fingerprint density at radius 2 is 1.62 bits per heavy atom. The molecule has 2 aromatic carbocycles. The molecule has 1 N–H and O–H groups in total. The van der Waals surface area contributed by atoms with Gasteiger partial charge in [0.05, 0.1) is 22.5 Å². The number of benzene rings is 2. The van der Waals surface area contributed by atoms with Crippen molar-refractivity contribution in [3.05, 3.63) is 93.4 Å². The fraction of sp³-hybridized carbons (Fsp3) is 0.303. The summed E-state index contributed by atoms with van der Waals surface area (Å²) >= 11 is 27.1. The fourth-order valence-corrected chi connectivity index (χ4v) is 9.03. The van der Waals surface area contributed by atoms with Crippen molar-refractivity contribution < 1.29 is 41.8 Å². The molecule has 0 unspecified atom stereocenters. The first-order chi connectivity index (χ1) is 23.4. The number of anilines is 2. The number of halogens is 8. The van der Waals surface area contributed by atoms with Gasteiger partial charge in [-0.1, -0.05) is 34.9 Å². The number of rotatable bonds is 4. The summed E-state index contributed by atoms with van der Waals surface area (Å²) in [5, 5.41) is 12.5. The molecule has 2 aliphatic carbocycles. The maximum atomic E-state index is 14.4. The van der Waals surface area contributed by atoms with Crippen LogP contribution in [0.2, 0.25) is 10.0 Å². The SMILES string of the molecule is CN(c1nc(C(F)(F)F)ccc1Cl)N1C(=O)[C@H]2[C@H](CC=C3[C@H]2C[C@@]2(Cl)C(=O)N(c4ccc(F)cc4)C(=O)[C@@]2(Cl)[C@H]3c2cc(Cl)ccc2O)C1=O. The second-order valence-corrected chi connectivity index (χ2v) is 14.6. The van der Waals surface area contributed by atoms with Crippen molar-refractivity contribution >= 4 is 81.5 Å². The van der Waals surface area contributed by atoms with Crippen LogP contribution < -0.4 is 9.91 Å². The van der Waals surface area contributed by atoms with E-state index in [1.165, 1.54) is 30.3 Å². The average molecular weight is 772 g/mol. The van der Waals surface area contributed by atoms with E-state index in [-0.39, 0.29) is 33.5 Å². The van der Waals surface area contributed by atoms with E-state index < -0.39 is 87.0 Å². The first kappa shape index (κ1) is 34.5. The molecule has 50 heavy (non-hydrogen) atoms. The Bertz CT molecular complexity index is 2050. The summed E-state index contributed by atoms with van der Waals surface area (Å²) in [5.41, 5.74) is -1.01. The van der Waals surface area contributed by atoms with Gasteiger partial charge in [0, 0.05) is 23.6 Å². The summed E-state index contributed by atoms with van der Waals surface area (Å²) in [6.07, 6.45) is -3.78. The Labute approximate surface area is 300 Å². The maximum Gasteiger partial charge on any atom is 0.433 e. The summed E-state index contributed by atoms with van der Waals surface area (Å²) in [7, 11) is 1.16. The summed E-state index contributed by atoms with van der Waals surface area (Å²) < 4.78 is 54.5. The van der Waals surface area contributed by atoms with E-state index in [0.29, 0.717) is 16.6 Å². The van der Waals surface area contributed by atoms with Gasteiger partial charge in [-0.2, -0.15) is 18.2 Å². The molecular formula is C33H22Cl4F4N4O5. The number of amides is 4. The quantitative estimate of drug-likeness (QED) is 0.134. The summed E-state index contributed by atoms with van der Waals surface area (Å²) in [4.78, 5) is 56.6. The molecular weight excluding hydrogens is 750 g/mol. The molecule has 7 rings (SSSR count). The molecule has 9 nitrogen and oxygen atoms in total. The van der Waals surface area contributed by atoms with Crippen LogP contribution in [0.3, 0.4) is 0 Å². The molecule has 3 fully saturated rings. The van der Waals surface area contributed by atoms with Crippen molar-refractivity contribution in [2.45, 2.75) is 34.7 Å². The highest BCUT2D eigenvalue weighted by atomic mass is 35.5. The zero-order chi connectivity index (χ0) is 36.2. The van der Waals surface area contributed by atoms with Crippen LogP contribution in [-0.2, 0) is 25.4 Å². The number of hydrogen-bond donors (Lipinski definition) is 1. The van der Waals surface area contributed by atoms with E-state index in [0.717, 1.165) is 35.2 Å². The molecule has 2 saturated heterocycles. The highest BCUT2D eigenvalue weighted by Crippen LogP contribution is 2.66. The third-order valence-electron chi connectivity index (χ3n) is 9.90. The number of allylic oxidation sites excluding steroid dienone is 2. The number of phenolic OH excluding ortho intramolecular Hbond substituents is 1. The van der Waals surface area contributed by atoms with Crippen molar-refractivity contribution in [3.63, 3.8) is 0 Å². The Balaban J connectivity index is 1.36. The number of carbonyl (C=O) groups excluding carboxylic acids is 4. The third kappa shape index (κ3) is 4.76. The van der Waals surface area contributed by atoms with Gasteiger partial charge < -0.3 is 5.11 Å². The highest BCUT2D eigenvalue weighted by Gasteiger charge is 2.77. The third-order valence-corrected chi connectivity index (χ3v) is 11.8. The summed E-state index contributed by atoms with van der Waals surface area (Å²) in [6.45, 7) is 0. The Hall–Kier alpha value is -3.91. The molecule has 3 aromatic rings. The van der Waals surface area contributed by atoms with Crippen LogP contribution >= 0.6 is 46.4 Å². The van der Waals surface area contributed by atoms with E-state index in [4.69, 9.17) is 46.4 Å². The number of phenols is 1. The van der Waals surface area contributed by atoms with Gasteiger partial charge in [-0.3, -0.25) is 24.2 Å². The number of fused-ring (bicyclic) bond motifs is 4. The van der Waals surface area contributed by atoms with E-state index in [1.54, 1.807) is 6.08 Å². The number of carbonyl (C=O) groups is 4. The van der Waals surface area contributed by atoms with Gasteiger partial charge >= 0.3 is 6.18 Å². The molecule has 4 aliphatic rings. The molecule has 6 atom stereocenters. The van der Waals surface area contributed by atoms with Crippen molar-refractivity contribution in [3.8, 4) is 5.75 Å².